The summed E-state index contributed by atoms with van der Waals surface area (Å²) in [6.45, 7) is 1.59. The zero-order chi connectivity index (χ0) is 10.8. The number of furan rings is 1. The molecule has 0 aromatic carbocycles. The molecule has 1 atom stereocenters. The number of amides is 1. The van der Waals surface area contributed by atoms with Gasteiger partial charge in [-0.2, -0.15) is 0 Å². The SMILES string of the molecule is O=C(c1ccc(Cl)o1)N1CCC(CBr)C1. The standard InChI is InChI=1S/C10H11BrClNO2/c11-5-7-3-4-13(6-7)10(14)8-1-2-9(12)15-8/h1-2,7H,3-6H2. The van der Waals surface area contributed by atoms with Gasteiger partial charge in [-0.1, -0.05) is 15.9 Å². The van der Waals surface area contributed by atoms with Crippen molar-refractivity contribution in [1.82, 2.24) is 4.90 Å². The Bertz CT molecular complexity index is 366. The summed E-state index contributed by atoms with van der Waals surface area (Å²) >= 11 is 9.05. The molecule has 1 aliphatic heterocycles. The van der Waals surface area contributed by atoms with Crippen molar-refractivity contribution in [2.45, 2.75) is 6.42 Å². The normalized spacial score (nSPS) is 20.9. The molecule has 0 spiro atoms. The highest BCUT2D eigenvalue weighted by Gasteiger charge is 2.27. The monoisotopic (exact) mass is 291 g/mol. The van der Waals surface area contributed by atoms with E-state index in [9.17, 15) is 4.79 Å². The number of carbonyl (C=O) groups is 1. The average Bonchev–Trinajstić information content (AvgIpc) is 2.84. The summed E-state index contributed by atoms with van der Waals surface area (Å²) in [5, 5.41) is 1.20. The largest absolute Gasteiger partial charge is 0.440 e. The van der Waals surface area contributed by atoms with E-state index in [0.29, 0.717) is 11.7 Å². The summed E-state index contributed by atoms with van der Waals surface area (Å²) in [5.41, 5.74) is 0. The van der Waals surface area contributed by atoms with Crippen molar-refractivity contribution in [2.24, 2.45) is 5.92 Å². The highest BCUT2D eigenvalue weighted by molar-refractivity contribution is 9.09. The molecule has 1 fully saturated rings. The Hall–Kier alpha value is -0.480. The van der Waals surface area contributed by atoms with Crippen LogP contribution >= 0.6 is 27.5 Å². The minimum atomic E-state index is -0.0645. The van der Waals surface area contributed by atoms with Gasteiger partial charge in [-0.15, -0.1) is 0 Å². The van der Waals surface area contributed by atoms with Crippen LogP contribution in [-0.2, 0) is 0 Å². The van der Waals surface area contributed by atoms with E-state index in [2.05, 4.69) is 15.9 Å². The number of alkyl halides is 1. The smallest absolute Gasteiger partial charge is 0.289 e. The summed E-state index contributed by atoms with van der Waals surface area (Å²) in [6.07, 6.45) is 1.05. The molecule has 2 heterocycles. The maximum Gasteiger partial charge on any atom is 0.289 e. The molecule has 0 N–H and O–H groups in total. The molecule has 0 saturated carbocycles. The highest BCUT2D eigenvalue weighted by Crippen LogP contribution is 2.22. The predicted octanol–water partition coefficient (Wildman–Crippen LogP) is 2.79. The van der Waals surface area contributed by atoms with E-state index >= 15 is 0 Å². The average molecular weight is 293 g/mol. The number of hydrogen-bond acceptors (Lipinski definition) is 2. The van der Waals surface area contributed by atoms with Crippen molar-refractivity contribution in [3.05, 3.63) is 23.1 Å². The second-order valence-electron chi connectivity index (χ2n) is 3.66. The third kappa shape index (κ3) is 2.37. The van der Waals surface area contributed by atoms with Crippen LogP contribution in [0.25, 0.3) is 0 Å². The molecule has 0 bridgehead atoms. The van der Waals surface area contributed by atoms with Crippen molar-refractivity contribution < 1.29 is 9.21 Å². The maximum absolute atomic E-state index is 11.9. The summed E-state index contributed by atoms with van der Waals surface area (Å²) in [6, 6.07) is 3.21. The molecule has 1 aromatic heterocycles. The number of likely N-dealkylation sites (tertiary alicyclic amines) is 1. The second kappa shape index (κ2) is 4.58. The van der Waals surface area contributed by atoms with Crippen LogP contribution in [0.2, 0.25) is 5.22 Å². The van der Waals surface area contributed by atoms with Crippen molar-refractivity contribution >= 4 is 33.4 Å². The minimum absolute atomic E-state index is 0.0645. The van der Waals surface area contributed by atoms with Crippen molar-refractivity contribution in [2.75, 3.05) is 18.4 Å². The van der Waals surface area contributed by atoms with Crippen LogP contribution in [-0.4, -0.2) is 29.2 Å². The first-order valence-corrected chi connectivity index (χ1v) is 6.31. The Morgan fingerprint density at radius 1 is 1.67 bits per heavy atom. The van der Waals surface area contributed by atoms with Gasteiger partial charge in [0.25, 0.3) is 5.91 Å². The van der Waals surface area contributed by atoms with Crippen LogP contribution < -0.4 is 0 Å². The topological polar surface area (TPSA) is 33.5 Å². The fourth-order valence-corrected chi connectivity index (χ4v) is 2.40. The molecule has 3 nitrogen and oxygen atoms in total. The van der Waals surface area contributed by atoms with Crippen molar-refractivity contribution in [3.8, 4) is 0 Å². The van der Waals surface area contributed by atoms with Crippen LogP contribution in [0.15, 0.2) is 16.5 Å². The number of nitrogens with zero attached hydrogens (tertiary/aromatic N) is 1. The highest BCUT2D eigenvalue weighted by atomic mass is 79.9. The van der Waals surface area contributed by atoms with Crippen LogP contribution in [0.1, 0.15) is 17.0 Å². The first-order valence-electron chi connectivity index (χ1n) is 4.81. The van der Waals surface area contributed by atoms with Gasteiger partial charge in [0.05, 0.1) is 0 Å². The number of carbonyl (C=O) groups excluding carboxylic acids is 1. The molecular weight excluding hydrogens is 281 g/mol. The van der Waals surface area contributed by atoms with Gasteiger partial charge in [-0.05, 0) is 36.1 Å². The molecule has 0 aliphatic carbocycles. The van der Waals surface area contributed by atoms with Gasteiger partial charge in [0.1, 0.15) is 0 Å². The lowest BCUT2D eigenvalue weighted by Gasteiger charge is -2.13. The Balaban J connectivity index is 2.03. The van der Waals surface area contributed by atoms with Gasteiger partial charge in [0.2, 0.25) is 0 Å². The van der Waals surface area contributed by atoms with Crippen molar-refractivity contribution in [1.29, 1.82) is 0 Å². The Labute approximate surface area is 102 Å². The summed E-state index contributed by atoms with van der Waals surface area (Å²) in [4.78, 5) is 13.7. The van der Waals surface area contributed by atoms with Gasteiger partial charge in [-0.25, -0.2) is 0 Å². The Morgan fingerprint density at radius 2 is 2.47 bits per heavy atom. The molecule has 82 valence electrons. The zero-order valence-electron chi connectivity index (χ0n) is 8.08. The van der Waals surface area contributed by atoms with Gasteiger partial charge >= 0.3 is 0 Å². The lowest BCUT2D eigenvalue weighted by molar-refractivity contribution is 0.0757. The fourth-order valence-electron chi connectivity index (χ4n) is 1.73. The van der Waals surface area contributed by atoms with Crippen LogP contribution in [0, 0.1) is 5.92 Å². The van der Waals surface area contributed by atoms with E-state index in [1.54, 1.807) is 17.0 Å². The van der Waals surface area contributed by atoms with Crippen LogP contribution in [0.4, 0.5) is 0 Å². The lowest BCUT2D eigenvalue weighted by Crippen LogP contribution is -2.28. The van der Waals surface area contributed by atoms with Crippen molar-refractivity contribution in [3.63, 3.8) is 0 Å². The number of halogens is 2. The van der Waals surface area contributed by atoms with Gasteiger partial charge < -0.3 is 9.32 Å². The number of rotatable bonds is 2. The van der Waals surface area contributed by atoms with Crippen LogP contribution in [0.5, 0.6) is 0 Å². The third-order valence-corrected chi connectivity index (χ3v) is 3.69. The molecule has 1 unspecified atom stereocenters. The zero-order valence-corrected chi connectivity index (χ0v) is 10.4. The van der Waals surface area contributed by atoms with E-state index in [1.165, 1.54) is 0 Å². The minimum Gasteiger partial charge on any atom is -0.440 e. The summed E-state index contributed by atoms with van der Waals surface area (Å²) in [7, 11) is 0. The van der Waals surface area contributed by atoms with E-state index in [1.807, 2.05) is 0 Å². The van der Waals surface area contributed by atoms with Gasteiger partial charge in [-0.3, -0.25) is 4.79 Å². The fraction of sp³-hybridized carbons (Fsp3) is 0.500. The lowest BCUT2D eigenvalue weighted by atomic mass is 10.2. The molecule has 5 heteroatoms. The molecular formula is C10H11BrClNO2. The van der Waals surface area contributed by atoms with Crippen LogP contribution in [0.3, 0.4) is 0 Å². The second-order valence-corrected chi connectivity index (χ2v) is 4.68. The molecule has 1 aliphatic rings. The third-order valence-electron chi connectivity index (χ3n) is 2.58. The van der Waals surface area contributed by atoms with E-state index in [0.717, 1.165) is 24.8 Å². The van der Waals surface area contributed by atoms with Gasteiger partial charge in [0.15, 0.2) is 11.0 Å². The van der Waals surface area contributed by atoms with E-state index in [4.69, 9.17) is 16.0 Å². The summed E-state index contributed by atoms with van der Waals surface area (Å²) in [5.74, 6) is 0.819. The first kappa shape index (κ1) is 11.0. The van der Waals surface area contributed by atoms with E-state index in [-0.39, 0.29) is 11.1 Å². The molecule has 1 aromatic rings. The molecule has 1 saturated heterocycles. The van der Waals surface area contributed by atoms with Gasteiger partial charge in [0, 0.05) is 18.4 Å². The first-order chi connectivity index (χ1) is 7.20. The predicted molar refractivity (Wildman–Crippen MR) is 61.5 cm³/mol. The summed E-state index contributed by atoms with van der Waals surface area (Å²) < 4.78 is 5.09. The molecule has 2 rings (SSSR count). The Kier molecular flexibility index (Phi) is 3.36. The quantitative estimate of drug-likeness (QED) is 0.785. The maximum atomic E-state index is 11.9. The molecule has 1 amide bonds. The van der Waals surface area contributed by atoms with E-state index < -0.39 is 0 Å². The molecule has 15 heavy (non-hydrogen) atoms. The molecule has 0 radical (unpaired) electrons. The number of hydrogen-bond donors (Lipinski definition) is 0. The Morgan fingerprint density at radius 3 is 3.00 bits per heavy atom.